The topological polar surface area (TPSA) is 66.8 Å². The third-order valence-corrected chi connectivity index (χ3v) is 3.76. The zero-order valence-corrected chi connectivity index (χ0v) is 12.7. The van der Waals surface area contributed by atoms with Gasteiger partial charge in [-0.05, 0) is 51.0 Å². The van der Waals surface area contributed by atoms with Gasteiger partial charge in [-0.25, -0.2) is 4.39 Å². The third kappa shape index (κ3) is 3.75. The number of aliphatic carboxylic acids is 1. The monoisotopic (exact) mass is 309 g/mol. The van der Waals surface area contributed by atoms with Crippen LogP contribution in [0.2, 0.25) is 0 Å². The third-order valence-electron chi connectivity index (χ3n) is 3.76. The number of hydrogen-bond donors (Lipinski definition) is 1. The fourth-order valence-electron chi connectivity index (χ4n) is 2.58. The van der Waals surface area contributed by atoms with E-state index in [1.165, 1.54) is 29.2 Å². The number of piperidine rings is 1. The number of carbonyl (C=O) groups excluding carboxylic acids is 1. The van der Waals surface area contributed by atoms with Crippen LogP contribution in [-0.4, -0.2) is 40.6 Å². The fourth-order valence-corrected chi connectivity index (χ4v) is 2.58. The summed E-state index contributed by atoms with van der Waals surface area (Å²) in [6.45, 7) is 3.98. The number of benzene rings is 1. The highest BCUT2D eigenvalue weighted by Gasteiger charge is 2.37. The van der Waals surface area contributed by atoms with Crippen molar-refractivity contribution < 1.29 is 23.8 Å². The Morgan fingerprint density at radius 1 is 1.32 bits per heavy atom. The number of halogens is 1. The molecule has 1 N–H and O–H groups in total. The molecule has 1 aromatic rings. The molecule has 0 aliphatic carbocycles. The highest BCUT2D eigenvalue weighted by molar-refractivity contribution is 5.85. The lowest BCUT2D eigenvalue weighted by molar-refractivity contribution is -0.151. The lowest BCUT2D eigenvalue weighted by atomic mass is 9.96. The van der Waals surface area contributed by atoms with Gasteiger partial charge in [0.05, 0.1) is 5.92 Å². The molecule has 1 amide bonds. The molecule has 5 nitrogen and oxygen atoms in total. The predicted molar refractivity (Wildman–Crippen MR) is 78.0 cm³/mol. The number of likely N-dealkylation sites (tertiary alicyclic amines) is 1. The molecule has 0 bridgehead atoms. The Morgan fingerprint density at radius 2 is 1.95 bits per heavy atom. The van der Waals surface area contributed by atoms with Crippen LogP contribution in [0.5, 0.6) is 5.75 Å². The molecule has 1 aromatic carbocycles. The van der Waals surface area contributed by atoms with Crippen LogP contribution in [0.1, 0.15) is 26.7 Å². The van der Waals surface area contributed by atoms with Crippen LogP contribution >= 0.6 is 0 Å². The minimum absolute atomic E-state index is 0.199. The number of rotatable bonds is 4. The fraction of sp³-hybridized carbons (Fsp3) is 0.500. The Hall–Kier alpha value is -2.11. The first-order valence-electron chi connectivity index (χ1n) is 7.26. The molecule has 1 saturated heterocycles. The second-order valence-corrected chi connectivity index (χ2v) is 5.99. The van der Waals surface area contributed by atoms with Gasteiger partial charge in [-0.3, -0.25) is 9.59 Å². The Labute approximate surface area is 128 Å². The summed E-state index contributed by atoms with van der Waals surface area (Å²) in [5.41, 5.74) is -1.14. The van der Waals surface area contributed by atoms with E-state index in [4.69, 9.17) is 9.84 Å². The van der Waals surface area contributed by atoms with Crippen molar-refractivity contribution in [1.82, 2.24) is 4.90 Å². The van der Waals surface area contributed by atoms with Gasteiger partial charge in [0, 0.05) is 13.1 Å². The largest absolute Gasteiger partial charge is 0.481 e. The van der Waals surface area contributed by atoms with Crippen LogP contribution in [0.25, 0.3) is 0 Å². The molecule has 0 unspecified atom stereocenters. The Bertz CT molecular complexity index is 556. The van der Waals surface area contributed by atoms with E-state index in [9.17, 15) is 14.0 Å². The van der Waals surface area contributed by atoms with Gasteiger partial charge in [0.25, 0.3) is 5.91 Å². The number of carbonyl (C=O) groups is 2. The lowest BCUT2D eigenvalue weighted by Crippen LogP contribution is -2.52. The maximum absolute atomic E-state index is 12.9. The van der Waals surface area contributed by atoms with E-state index in [1.54, 1.807) is 13.8 Å². The maximum Gasteiger partial charge on any atom is 0.308 e. The van der Waals surface area contributed by atoms with Crippen LogP contribution in [-0.2, 0) is 9.59 Å². The smallest absolute Gasteiger partial charge is 0.308 e. The SMILES string of the molecule is CC(C)(Oc1ccc(F)cc1)C(=O)N1CCC[C@@H](C(=O)O)C1. The molecular formula is C16H20FNO4. The van der Waals surface area contributed by atoms with E-state index in [2.05, 4.69) is 0 Å². The number of carboxylic acids is 1. The summed E-state index contributed by atoms with van der Waals surface area (Å²) < 4.78 is 18.6. The van der Waals surface area contributed by atoms with E-state index in [-0.39, 0.29) is 18.3 Å². The Balaban J connectivity index is 2.06. The molecule has 1 aliphatic heterocycles. The van der Waals surface area contributed by atoms with Crippen molar-refractivity contribution in [3.05, 3.63) is 30.1 Å². The molecule has 0 radical (unpaired) electrons. The highest BCUT2D eigenvalue weighted by Crippen LogP contribution is 2.24. The number of nitrogens with zero attached hydrogens (tertiary/aromatic N) is 1. The lowest BCUT2D eigenvalue weighted by Gasteiger charge is -2.36. The van der Waals surface area contributed by atoms with Crippen molar-refractivity contribution in [3.8, 4) is 5.75 Å². The van der Waals surface area contributed by atoms with Gasteiger partial charge in [-0.15, -0.1) is 0 Å². The van der Waals surface area contributed by atoms with E-state index in [0.29, 0.717) is 25.1 Å². The van der Waals surface area contributed by atoms with Crippen LogP contribution in [0.15, 0.2) is 24.3 Å². The summed E-state index contributed by atoms with van der Waals surface area (Å²) in [5.74, 6) is -1.65. The first-order chi connectivity index (χ1) is 10.3. The summed E-state index contributed by atoms with van der Waals surface area (Å²) >= 11 is 0. The number of hydrogen-bond acceptors (Lipinski definition) is 3. The van der Waals surface area contributed by atoms with E-state index >= 15 is 0 Å². The van der Waals surface area contributed by atoms with E-state index in [1.807, 2.05) is 0 Å². The molecule has 1 atom stereocenters. The molecule has 0 spiro atoms. The summed E-state index contributed by atoms with van der Waals surface area (Å²) in [5, 5.41) is 9.10. The van der Waals surface area contributed by atoms with Crippen LogP contribution in [0.4, 0.5) is 4.39 Å². The summed E-state index contributed by atoms with van der Waals surface area (Å²) in [6, 6.07) is 5.44. The zero-order chi connectivity index (χ0) is 16.3. The number of carboxylic acid groups (broad SMARTS) is 1. The summed E-state index contributed by atoms with van der Waals surface area (Å²) in [6.07, 6.45) is 1.24. The Morgan fingerprint density at radius 3 is 2.55 bits per heavy atom. The molecule has 0 aromatic heterocycles. The molecule has 1 aliphatic rings. The molecule has 1 fully saturated rings. The molecule has 1 heterocycles. The first kappa shape index (κ1) is 16.3. The van der Waals surface area contributed by atoms with E-state index in [0.717, 1.165) is 0 Å². The molecule has 120 valence electrons. The first-order valence-corrected chi connectivity index (χ1v) is 7.26. The van der Waals surface area contributed by atoms with Crippen molar-refractivity contribution in [1.29, 1.82) is 0 Å². The minimum Gasteiger partial charge on any atom is -0.481 e. The average Bonchev–Trinajstić information content (AvgIpc) is 2.48. The summed E-state index contributed by atoms with van der Waals surface area (Å²) in [4.78, 5) is 25.2. The van der Waals surface area contributed by atoms with E-state index < -0.39 is 17.5 Å². The average molecular weight is 309 g/mol. The van der Waals surface area contributed by atoms with Crippen molar-refractivity contribution in [2.45, 2.75) is 32.3 Å². The van der Waals surface area contributed by atoms with Gasteiger partial charge < -0.3 is 14.7 Å². The molecule has 6 heteroatoms. The maximum atomic E-state index is 12.9. The zero-order valence-electron chi connectivity index (χ0n) is 12.7. The van der Waals surface area contributed by atoms with Crippen molar-refractivity contribution in [2.24, 2.45) is 5.92 Å². The quantitative estimate of drug-likeness (QED) is 0.927. The van der Waals surface area contributed by atoms with Crippen molar-refractivity contribution in [2.75, 3.05) is 13.1 Å². The van der Waals surface area contributed by atoms with Crippen molar-refractivity contribution in [3.63, 3.8) is 0 Å². The van der Waals surface area contributed by atoms with Crippen molar-refractivity contribution >= 4 is 11.9 Å². The number of amides is 1. The molecule has 0 saturated carbocycles. The standard InChI is InChI=1S/C16H20FNO4/c1-16(2,22-13-7-5-12(17)6-8-13)15(21)18-9-3-4-11(10-18)14(19)20/h5-8,11H,3-4,9-10H2,1-2H3,(H,19,20)/t11-/m1/s1. The van der Waals surface area contributed by atoms with Gasteiger partial charge in [-0.2, -0.15) is 0 Å². The molecule has 2 rings (SSSR count). The van der Waals surface area contributed by atoms with Gasteiger partial charge in [0.1, 0.15) is 11.6 Å². The van der Waals surface area contributed by atoms with Crippen LogP contribution in [0.3, 0.4) is 0 Å². The predicted octanol–water partition coefficient (Wildman–Crippen LogP) is 2.31. The highest BCUT2D eigenvalue weighted by atomic mass is 19.1. The van der Waals surface area contributed by atoms with Gasteiger partial charge >= 0.3 is 5.97 Å². The normalized spacial score (nSPS) is 18.9. The minimum atomic E-state index is -1.14. The number of ether oxygens (including phenoxy) is 1. The molecule has 22 heavy (non-hydrogen) atoms. The van der Waals surface area contributed by atoms with Gasteiger partial charge in [-0.1, -0.05) is 0 Å². The second-order valence-electron chi connectivity index (χ2n) is 5.99. The van der Waals surface area contributed by atoms with Crippen LogP contribution < -0.4 is 4.74 Å². The Kier molecular flexibility index (Phi) is 4.68. The van der Waals surface area contributed by atoms with Gasteiger partial charge in [0.2, 0.25) is 0 Å². The van der Waals surface area contributed by atoms with Gasteiger partial charge in [0.15, 0.2) is 5.60 Å². The van der Waals surface area contributed by atoms with Crippen LogP contribution in [0, 0.1) is 11.7 Å². The molecular weight excluding hydrogens is 289 g/mol. The second kappa shape index (κ2) is 6.34. The summed E-state index contributed by atoms with van der Waals surface area (Å²) in [7, 11) is 0.